The molecule has 0 radical (unpaired) electrons. The van der Waals surface area contributed by atoms with E-state index in [0.29, 0.717) is 22.9 Å². The average molecular weight is 341 g/mol. The van der Waals surface area contributed by atoms with E-state index in [1.54, 1.807) is 45.4 Å². The first kappa shape index (κ1) is 16.6. The van der Waals surface area contributed by atoms with Crippen LogP contribution in [0.15, 0.2) is 42.6 Å². The summed E-state index contributed by atoms with van der Waals surface area (Å²) in [5.74, 6) is 2.38. The third-order valence-electron chi connectivity index (χ3n) is 3.85. The first-order chi connectivity index (χ1) is 12.2. The van der Waals surface area contributed by atoms with E-state index < -0.39 is 0 Å². The summed E-state index contributed by atoms with van der Waals surface area (Å²) in [5, 5.41) is 8.25. The van der Waals surface area contributed by atoms with Crippen LogP contribution in [0.25, 0.3) is 16.9 Å². The van der Waals surface area contributed by atoms with Gasteiger partial charge in [-0.05, 0) is 36.4 Å². The Balaban J connectivity index is 2.13. The molecule has 0 aliphatic rings. The van der Waals surface area contributed by atoms with Gasteiger partial charge >= 0.3 is 0 Å². The van der Waals surface area contributed by atoms with Crippen LogP contribution >= 0.6 is 0 Å². The van der Waals surface area contributed by atoms with Crippen LogP contribution < -0.4 is 18.9 Å². The van der Waals surface area contributed by atoms with Crippen LogP contribution in [0.4, 0.5) is 0 Å². The lowest BCUT2D eigenvalue weighted by Crippen LogP contribution is -2.04. The van der Waals surface area contributed by atoms with Crippen molar-refractivity contribution in [3.8, 4) is 39.9 Å². The van der Waals surface area contributed by atoms with Gasteiger partial charge in [0, 0.05) is 5.56 Å². The van der Waals surface area contributed by atoms with E-state index in [0.717, 1.165) is 17.0 Å². The molecule has 1 aromatic heterocycles. The molecule has 0 aliphatic carbocycles. The quantitative estimate of drug-likeness (QED) is 0.687. The molecule has 0 aliphatic heterocycles. The topological polar surface area (TPSA) is 67.6 Å². The fraction of sp³-hybridized carbons (Fsp3) is 0.222. The molecule has 0 unspecified atom stereocenters. The van der Waals surface area contributed by atoms with E-state index >= 15 is 0 Å². The molecule has 0 fully saturated rings. The van der Waals surface area contributed by atoms with Crippen molar-refractivity contribution in [2.75, 3.05) is 28.4 Å². The van der Waals surface area contributed by atoms with Crippen molar-refractivity contribution in [3.05, 3.63) is 42.6 Å². The summed E-state index contributed by atoms with van der Waals surface area (Å²) in [5.41, 5.74) is 2.46. The number of hydrogen-bond donors (Lipinski definition) is 0. The molecule has 3 aromatic rings. The van der Waals surface area contributed by atoms with Crippen molar-refractivity contribution in [2.24, 2.45) is 0 Å². The van der Waals surface area contributed by atoms with Crippen molar-refractivity contribution in [2.45, 2.75) is 0 Å². The number of ether oxygens (including phenoxy) is 4. The SMILES string of the molecule is COc1ccc(-c2cnnn2-c2ccc(OC)c(OC)c2OC)cc1. The van der Waals surface area contributed by atoms with Crippen LogP contribution in [0.1, 0.15) is 0 Å². The third kappa shape index (κ3) is 2.96. The van der Waals surface area contributed by atoms with Crippen molar-refractivity contribution < 1.29 is 18.9 Å². The smallest absolute Gasteiger partial charge is 0.205 e. The highest BCUT2D eigenvalue weighted by Gasteiger charge is 2.20. The maximum absolute atomic E-state index is 5.55. The summed E-state index contributed by atoms with van der Waals surface area (Å²) in [6.07, 6.45) is 1.69. The predicted molar refractivity (Wildman–Crippen MR) is 93.0 cm³/mol. The molecular weight excluding hydrogens is 322 g/mol. The Bertz CT molecular complexity index is 859. The van der Waals surface area contributed by atoms with E-state index in [9.17, 15) is 0 Å². The van der Waals surface area contributed by atoms with Gasteiger partial charge in [-0.3, -0.25) is 0 Å². The van der Waals surface area contributed by atoms with Gasteiger partial charge in [-0.2, -0.15) is 0 Å². The van der Waals surface area contributed by atoms with Crippen molar-refractivity contribution in [1.29, 1.82) is 0 Å². The highest BCUT2D eigenvalue weighted by molar-refractivity contribution is 5.67. The highest BCUT2D eigenvalue weighted by atomic mass is 16.5. The van der Waals surface area contributed by atoms with Crippen molar-refractivity contribution >= 4 is 0 Å². The molecule has 0 atom stereocenters. The zero-order valence-corrected chi connectivity index (χ0v) is 14.5. The Hall–Kier alpha value is -3.22. The zero-order chi connectivity index (χ0) is 17.8. The Morgan fingerprint density at radius 3 is 2.08 bits per heavy atom. The first-order valence-corrected chi connectivity index (χ1v) is 7.58. The van der Waals surface area contributed by atoms with E-state index in [1.807, 2.05) is 30.3 Å². The maximum atomic E-state index is 5.55. The summed E-state index contributed by atoms with van der Waals surface area (Å²) in [6, 6.07) is 11.3. The van der Waals surface area contributed by atoms with Crippen LogP contribution in [-0.4, -0.2) is 43.4 Å². The summed E-state index contributed by atoms with van der Waals surface area (Å²) >= 11 is 0. The molecule has 2 aromatic carbocycles. The van der Waals surface area contributed by atoms with Gasteiger partial charge in [-0.15, -0.1) is 5.10 Å². The standard InChI is InChI=1S/C18H19N3O4/c1-22-13-7-5-12(6-8-13)15-11-19-20-21(15)14-9-10-16(23-2)18(25-4)17(14)24-3/h5-11H,1-4H3. The summed E-state index contributed by atoms with van der Waals surface area (Å²) in [6.45, 7) is 0. The number of aromatic nitrogens is 3. The van der Waals surface area contributed by atoms with Gasteiger partial charge in [0.2, 0.25) is 5.75 Å². The molecule has 0 N–H and O–H groups in total. The molecule has 0 spiro atoms. The predicted octanol–water partition coefficient (Wildman–Crippen LogP) is 2.97. The van der Waals surface area contributed by atoms with Crippen LogP contribution in [0, 0.1) is 0 Å². The fourth-order valence-corrected chi connectivity index (χ4v) is 2.62. The zero-order valence-electron chi connectivity index (χ0n) is 14.5. The molecule has 130 valence electrons. The number of methoxy groups -OCH3 is 4. The van der Waals surface area contributed by atoms with Crippen molar-refractivity contribution in [3.63, 3.8) is 0 Å². The second-order valence-corrected chi connectivity index (χ2v) is 5.11. The third-order valence-corrected chi connectivity index (χ3v) is 3.85. The van der Waals surface area contributed by atoms with Gasteiger partial charge in [0.1, 0.15) is 11.4 Å². The monoisotopic (exact) mass is 341 g/mol. The Morgan fingerprint density at radius 2 is 1.48 bits per heavy atom. The minimum Gasteiger partial charge on any atom is -0.497 e. The van der Waals surface area contributed by atoms with Gasteiger partial charge in [0.25, 0.3) is 0 Å². The lowest BCUT2D eigenvalue weighted by atomic mass is 10.1. The van der Waals surface area contributed by atoms with E-state index in [-0.39, 0.29) is 0 Å². The van der Waals surface area contributed by atoms with Gasteiger partial charge in [-0.25, -0.2) is 4.68 Å². The van der Waals surface area contributed by atoms with Crippen LogP contribution in [-0.2, 0) is 0 Å². The lowest BCUT2D eigenvalue weighted by molar-refractivity contribution is 0.323. The van der Waals surface area contributed by atoms with Crippen LogP contribution in [0.2, 0.25) is 0 Å². The number of hydrogen-bond acceptors (Lipinski definition) is 6. The maximum Gasteiger partial charge on any atom is 0.205 e. The van der Waals surface area contributed by atoms with E-state index in [4.69, 9.17) is 18.9 Å². The number of rotatable bonds is 6. The van der Waals surface area contributed by atoms with Gasteiger partial charge in [0.05, 0.1) is 40.3 Å². The van der Waals surface area contributed by atoms with Gasteiger partial charge in [-0.1, -0.05) is 5.21 Å². The largest absolute Gasteiger partial charge is 0.497 e. The molecule has 7 heteroatoms. The van der Waals surface area contributed by atoms with Gasteiger partial charge < -0.3 is 18.9 Å². The molecule has 0 amide bonds. The average Bonchev–Trinajstić information content (AvgIpc) is 3.16. The van der Waals surface area contributed by atoms with Crippen molar-refractivity contribution in [1.82, 2.24) is 15.0 Å². The molecule has 25 heavy (non-hydrogen) atoms. The number of benzene rings is 2. The molecule has 3 rings (SSSR count). The second-order valence-electron chi connectivity index (χ2n) is 5.11. The first-order valence-electron chi connectivity index (χ1n) is 7.58. The second kappa shape index (κ2) is 7.12. The number of nitrogens with zero attached hydrogens (tertiary/aromatic N) is 3. The fourth-order valence-electron chi connectivity index (χ4n) is 2.62. The Labute approximate surface area is 145 Å². The lowest BCUT2D eigenvalue weighted by Gasteiger charge is -2.16. The normalized spacial score (nSPS) is 10.4. The van der Waals surface area contributed by atoms with E-state index in [1.165, 1.54) is 0 Å². The summed E-state index contributed by atoms with van der Waals surface area (Å²) < 4.78 is 23.2. The molecule has 0 bridgehead atoms. The summed E-state index contributed by atoms with van der Waals surface area (Å²) in [4.78, 5) is 0. The van der Waals surface area contributed by atoms with Gasteiger partial charge in [0.15, 0.2) is 11.5 Å². The molecule has 0 saturated carbocycles. The van der Waals surface area contributed by atoms with Crippen LogP contribution in [0.3, 0.4) is 0 Å². The van der Waals surface area contributed by atoms with Crippen LogP contribution in [0.5, 0.6) is 23.0 Å². The Morgan fingerprint density at radius 1 is 0.760 bits per heavy atom. The minimum atomic E-state index is 0.499. The Kier molecular flexibility index (Phi) is 4.74. The molecule has 0 saturated heterocycles. The molecule has 7 nitrogen and oxygen atoms in total. The summed E-state index contributed by atoms with van der Waals surface area (Å²) in [7, 11) is 6.35. The minimum absolute atomic E-state index is 0.499. The molecular formula is C18H19N3O4. The van der Waals surface area contributed by atoms with E-state index in [2.05, 4.69) is 10.3 Å². The molecule has 1 heterocycles. The highest BCUT2D eigenvalue weighted by Crippen LogP contribution is 2.42.